The molecule has 4 fully saturated rings. The molecule has 0 aromatic carbocycles. The van der Waals surface area contributed by atoms with Gasteiger partial charge in [0.25, 0.3) is 0 Å². The maximum atomic E-state index is 6.39. The molecule has 1 aliphatic heterocycles. The molecule has 1 saturated heterocycles. The maximum absolute atomic E-state index is 6.39. The predicted octanol–water partition coefficient (Wildman–Crippen LogP) is 4.16. The lowest BCUT2D eigenvalue weighted by Crippen LogP contribution is -2.50. The highest BCUT2D eigenvalue weighted by atomic mass is 16.6. The normalized spacial score (nSPS) is 59.1. The van der Waals surface area contributed by atoms with Crippen LogP contribution in [-0.2, 0) is 4.74 Å². The molecule has 1 nitrogen and oxygen atoms in total. The lowest BCUT2D eigenvalue weighted by molar-refractivity contribution is -0.0278. The minimum atomic E-state index is 0.368. The summed E-state index contributed by atoms with van der Waals surface area (Å²) in [7, 11) is 0. The fraction of sp³-hybridized carbons (Fsp3) is 1.00. The minimum Gasteiger partial charge on any atom is -0.362 e. The Labute approximate surface area is 105 Å². The third-order valence-electron chi connectivity index (χ3n) is 7.32. The molecule has 0 bridgehead atoms. The fourth-order valence-corrected chi connectivity index (χ4v) is 5.89. The molecule has 0 N–H and O–H groups in total. The zero-order valence-corrected chi connectivity index (χ0v) is 11.6. The number of hydrogen-bond donors (Lipinski definition) is 0. The van der Waals surface area contributed by atoms with Crippen LogP contribution in [-0.4, -0.2) is 11.2 Å². The first-order valence-electron chi connectivity index (χ1n) is 7.72. The second kappa shape index (κ2) is 2.92. The summed E-state index contributed by atoms with van der Waals surface area (Å²) in [6.07, 6.45) is 9.84. The highest BCUT2D eigenvalue weighted by Gasteiger charge is 2.78. The molecule has 0 amide bonds. The average Bonchev–Trinajstić information content (AvgIpc) is 2.80. The number of fused-ring (bicyclic) bond motifs is 1. The molecule has 3 unspecified atom stereocenters. The number of epoxide rings is 1. The number of ether oxygens (including phenoxy) is 1. The number of hydrogen-bond acceptors (Lipinski definition) is 1. The van der Waals surface area contributed by atoms with E-state index in [2.05, 4.69) is 20.8 Å². The van der Waals surface area contributed by atoms with Gasteiger partial charge in [-0.05, 0) is 68.1 Å². The molecule has 0 aromatic rings. The van der Waals surface area contributed by atoms with E-state index in [1.807, 2.05) is 0 Å². The van der Waals surface area contributed by atoms with Gasteiger partial charge in [0.2, 0.25) is 0 Å². The van der Waals surface area contributed by atoms with Crippen molar-refractivity contribution in [3.05, 3.63) is 0 Å². The Morgan fingerprint density at radius 1 is 0.941 bits per heavy atom. The van der Waals surface area contributed by atoms with Crippen molar-refractivity contribution in [3.8, 4) is 0 Å². The summed E-state index contributed by atoms with van der Waals surface area (Å²) >= 11 is 0. The third-order valence-corrected chi connectivity index (χ3v) is 7.32. The van der Waals surface area contributed by atoms with Crippen molar-refractivity contribution in [2.45, 2.75) is 76.9 Å². The largest absolute Gasteiger partial charge is 0.362 e. The molecule has 5 atom stereocenters. The lowest BCUT2D eigenvalue weighted by Gasteiger charge is -2.52. The van der Waals surface area contributed by atoms with Crippen LogP contribution in [0.25, 0.3) is 0 Å². The molecular weight excluding hydrogens is 208 g/mol. The Bertz CT molecular complexity index is 361. The molecule has 3 aliphatic carbocycles. The first-order chi connectivity index (χ1) is 8.02. The highest BCUT2D eigenvalue weighted by Crippen LogP contribution is 2.73. The van der Waals surface area contributed by atoms with Gasteiger partial charge in [-0.1, -0.05) is 20.8 Å². The SMILES string of the molecule is C[C@@H]1CCC2[C@H](CCC34CCCC23O4)C1(C)C. The minimum absolute atomic E-state index is 0.368. The van der Waals surface area contributed by atoms with Gasteiger partial charge < -0.3 is 4.74 Å². The van der Waals surface area contributed by atoms with Crippen LogP contribution < -0.4 is 0 Å². The summed E-state index contributed by atoms with van der Waals surface area (Å²) in [5.41, 5.74) is 1.29. The van der Waals surface area contributed by atoms with Crippen molar-refractivity contribution in [2.24, 2.45) is 23.2 Å². The van der Waals surface area contributed by atoms with Gasteiger partial charge >= 0.3 is 0 Å². The summed E-state index contributed by atoms with van der Waals surface area (Å²) in [5, 5.41) is 0. The van der Waals surface area contributed by atoms with E-state index in [4.69, 9.17) is 4.74 Å². The van der Waals surface area contributed by atoms with E-state index in [1.54, 1.807) is 0 Å². The molecule has 4 rings (SSSR count). The van der Waals surface area contributed by atoms with E-state index >= 15 is 0 Å². The molecule has 4 aliphatic rings. The second-order valence-electron chi connectivity index (χ2n) is 7.89. The monoisotopic (exact) mass is 234 g/mol. The van der Waals surface area contributed by atoms with Gasteiger partial charge in [-0.3, -0.25) is 0 Å². The van der Waals surface area contributed by atoms with Crippen molar-refractivity contribution >= 4 is 0 Å². The third kappa shape index (κ3) is 1.07. The maximum Gasteiger partial charge on any atom is 0.101 e. The molecule has 96 valence electrons. The van der Waals surface area contributed by atoms with Crippen LogP contribution in [0.5, 0.6) is 0 Å². The first kappa shape index (κ1) is 10.8. The van der Waals surface area contributed by atoms with Crippen molar-refractivity contribution in [3.63, 3.8) is 0 Å². The van der Waals surface area contributed by atoms with Crippen molar-refractivity contribution < 1.29 is 4.74 Å². The lowest BCUT2D eigenvalue weighted by atomic mass is 9.51. The van der Waals surface area contributed by atoms with Crippen LogP contribution in [0, 0.1) is 23.2 Å². The standard InChI is InChI=1S/C16H26O/c1-11-5-6-13-12(14(11,2)3)7-10-15-8-4-9-16(13,15)17-15/h11-13H,4-10H2,1-3H3/t11-,12+,13?,15?,16?/m1/s1. The Morgan fingerprint density at radius 3 is 2.59 bits per heavy atom. The first-order valence-corrected chi connectivity index (χ1v) is 7.72. The van der Waals surface area contributed by atoms with Gasteiger partial charge in [0.05, 0.1) is 5.60 Å². The van der Waals surface area contributed by atoms with Crippen LogP contribution in [0.1, 0.15) is 65.7 Å². The summed E-state index contributed by atoms with van der Waals surface area (Å²) in [6.45, 7) is 7.52. The Kier molecular flexibility index (Phi) is 1.86. The van der Waals surface area contributed by atoms with E-state index in [0.717, 1.165) is 17.8 Å². The van der Waals surface area contributed by atoms with Crippen molar-refractivity contribution in [2.75, 3.05) is 0 Å². The molecule has 1 heterocycles. The van der Waals surface area contributed by atoms with Crippen LogP contribution in [0.2, 0.25) is 0 Å². The molecule has 1 heteroatoms. The second-order valence-corrected chi connectivity index (χ2v) is 7.89. The summed E-state index contributed by atoms with van der Waals surface area (Å²) in [6, 6.07) is 0. The van der Waals surface area contributed by atoms with Gasteiger partial charge in [-0.2, -0.15) is 0 Å². The molecule has 3 saturated carbocycles. The zero-order chi connectivity index (χ0) is 11.9. The Balaban J connectivity index is 1.71. The van der Waals surface area contributed by atoms with Crippen molar-refractivity contribution in [1.29, 1.82) is 0 Å². The van der Waals surface area contributed by atoms with Gasteiger partial charge in [-0.15, -0.1) is 0 Å². The van der Waals surface area contributed by atoms with Crippen molar-refractivity contribution in [1.82, 2.24) is 0 Å². The average molecular weight is 234 g/mol. The highest BCUT2D eigenvalue weighted by molar-refractivity contribution is 5.26. The molecule has 17 heavy (non-hydrogen) atoms. The van der Waals surface area contributed by atoms with E-state index in [1.165, 1.54) is 44.9 Å². The zero-order valence-electron chi connectivity index (χ0n) is 11.6. The Hall–Kier alpha value is -0.0400. The summed E-state index contributed by atoms with van der Waals surface area (Å²) in [4.78, 5) is 0. The smallest absolute Gasteiger partial charge is 0.101 e. The summed E-state index contributed by atoms with van der Waals surface area (Å²) in [5.74, 6) is 2.72. The van der Waals surface area contributed by atoms with E-state index < -0.39 is 0 Å². The fourth-order valence-electron chi connectivity index (χ4n) is 5.89. The molecule has 0 radical (unpaired) electrons. The van der Waals surface area contributed by atoms with Crippen LogP contribution in [0.15, 0.2) is 0 Å². The van der Waals surface area contributed by atoms with Crippen LogP contribution in [0.4, 0.5) is 0 Å². The number of rotatable bonds is 0. The molecule has 0 spiro atoms. The topological polar surface area (TPSA) is 12.5 Å². The quantitative estimate of drug-likeness (QED) is 0.573. The van der Waals surface area contributed by atoms with E-state index in [9.17, 15) is 0 Å². The van der Waals surface area contributed by atoms with Crippen LogP contribution in [0.3, 0.4) is 0 Å². The van der Waals surface area contributed by atoms with Crippen LogP contribution >= 0.6 is 0 Å². The Morgan fingerprint density at radius 2 is 1.76 bits per heavy atom. The van der Waals surface area contributed by atoms with Gasteiger partial charge in [0.15, 0.2) is 0 Å². The summed E-state index contributed by atoms with van der Waals surface area (Å²) < 4.78 is 6.39. The van der Waals surface area contributed by atoms with Gasteiger partial charge in [0.1, 0.15) is 5.60 Å². The van der Waals surface area contributed by atoms with Gasteiger partial charge in [-0.25, -0.2) is 0 Å². The van der Waals surface area contributed by atoms with Gasteiger partial charge in [0, 0.05) is 0 Å². The van der Waals surface area contributed by atoms with E-state index in [0.29, 0.717) is 16.6 Å². The predicted molar refractivity (Wildman–Crippen MR) is 68.8 cm³/mol. The molecule has 0 aromatic heterocycles. The molecular formula is C16H26O. The van der Waals surface area contributed by atoms with E-state index in [-0.39, 0.29) is 0 Å².